The topological polar surface area (TPSA) is 109 Å². The van der Waals surface area contributed by atoms with Crippen LogP contribution in [0, 0.1) is 5.92 Å². The van der Waals surface area contributed by atoms with Crippen LogP contribution in [-0.4, -0.2) is 68.6 Å². The van der Waals surface area contributed by atoms with Crippen molar-refractivity contribution >= 4 is 23.4 Å². The molecule has 194 valence electrons. The zero-order chi connectivity index (χ0) is 26.1. The van der Waals surface area contributed by atoms with E-state index in [1.165, 1.54) is 14.2 Å². The second-order valence-electron chi connectivity index (χ2n) is 9.27. The predicted molar refractivity (Wildman–Crippen MR) is 138 cm³/mol. The van der Waals surface area contributed by atoms with Gasteiger partial charge in [0.1, 0.15) is 17.5 Å². The van der Waals surface area contributed by atoms with Crippen LogP contribution in [-0.2, 0) is 9.59 Å². The Morgan fingerprint density at radius 3 is 2.14 bits per heavy atom. The van der Waals surface area contributed by atoms with E-state index >= 15 is 0 Å². The van der Waals surface area contributed by atoms with Crippen molar-refractivity contribution in [1.82, 2.24) is 15.5 Å². The van der Waals surface area contributed by atoms with E-state index in [0.29, 0.717) is 36.7 Å². The molecule has 0 aromatic heterocycles. The molecule has 3 amide bonds. The number of benzene rings is 2. The number of nitrogens with zero attached hydrogens (tertiary/aromatic N) is 1. The van der Waals surface area contributed by atoms with Crippen LogP contribution in [0.4, 0.5) is 5.69 Å². The van der Waals surface area contributed by atoms with Gasteiger partial charge < -0.3 is 25.4 Å². The van der Waals surface area contributed by atoms with Crippen molar-refractivity contribution in [3.05, 3.63) is 54.1 Å². The lowest BCUT2D eigenvalue weighted by atomic mass is 10.00. The molecule has 36 heavy (non-hydrogen) atoms. The first kappa shape index (κ1) is 27.0. The molecule has 0 radical (unpaired) electrons. The Morgan fingerprint density at radius 1 is 0.972 bits per heavy atom. The molecule has 0 bridgehead atoms. The van der Waals surface area contributed by atoms with E-state index in [9.17, 15) is 14.4 Å². The summed E-state index contributed by atoms with van der Waals surface area (Å²) in [5.74, 6) is 0.237. The molecule has 0 unspecified atom stereocenters. The summed E-state index contributed by atoms with van der Waals surface area (Å²) in [6.45, 7) is 5.50. The number of nitrogens with one attached hydrogen (secondary N) is 3. The zero-order valence-corrected chi connectivity index (χ0v) is 21.4. The molecule has 2 aromatic carbocycles. The Hall–Kier alpha value is -3.59. The van der Waals surface area contributed by atoms with Crippen molar-refractivity contribution in [2.45, 2.75) is 38.8 Å². The van der Waals surface area contributed by atoms with Crippen molar-refractivity contribution in [2.24, 2.45) is 5.92 Å². The van der Waals surface area contributed by atoms with Gasteiger partial charge >= 0.3 is 0 Å². The first-order valence-corrected chi connectivity index (χ1v) is 12.2. The standard InChI is InChI=1S/C27H36N4O5/c1-18(2)25(30-26(33)19-14-22(35-3)16-23(15-19)36-4)27(34)29-21-10-12-31(13-11-21)17-24(32)28-20-8-6-5-7-9-20/h5-9,14-16,18,21,25H,10-13,17H2,1-4H3,(H,28,32)(H,29,34)(H,30,33)/t25-/m0/s1. The fourth-order valence-corrected chi connectivity index (χ4v) is 4.15. The van der Waals surface area contributed by atoms with Crippen LogP contribution in [0.2, 0.25) is 0 Å². The third-order valence-corrected chi connectivity index (χ3v) is 6.21. The maximum Gasteiger partial charge on any atom is 0.252 e. The molecule has 1 aliphatic heterocycles. The summed E-state index contributed by atoms with van der Waals surface area (Å²) >= 11 is 0. The number of para-hydroxylation sites is 1. The molecule has 0 aliphatic carbocycles. The van der Waals surface area contributed by atoms with Gasteiger partial charge in [0.05, 0.1) is 20.8 Å². The Bertz CT molecular complexity index is 1010. The van der Waals surface area contributed by atoms with E-state index in [-0.39, 0.29) is 29.7 Å². The molecule has 9 nitrogen and oxygen atoms in total. The second kappa shape index (κ2) is 12.9. The molecule has 1 heterocycles. The smallest absolute Gasteiger partial charge is 0.252 e. The minimum absolute atomic E-state index is 0.0130. The summed E-state index contributed by atoms with van der Waals surface area (Å²) in [5.41, 5.74) is 1.13. The lowest BCUT2D eigenvalue weighted by Crippen LogP contribution is -2.54. The van der Waals surface area contributed by atoms with Crippen LogP contribution >= 0.6 is 0 Å². The highest BCUT2D eigenvalue weighted by Crippen LogP contribution is 2.23. The molecule has 3 N–H and O–H groups in total. The monoisotopic (exact) mass is 496 g/mol. The molecule has 2 aromatic rings. The maximum absolute atomic E-state index is 13.1. The number of likely N-dealkylation sites (tertiary alicyclic amines) is 1. The number of ether oxygens (including phenoxy) is 2. The summed E-state index contributed by atoms with van der Waals surface area (Å²) in [6.07, 6.45) is 1.46. The normalized spacial score (nSPS) is 15.1. The fourth-order valence-electron chi connectivity index (χ4n) is 4.15. The highest BCUT2D eigenvalue weighted by molar-refractivity contribution is 5.98. The van der Waals surface area contributed by atoms with Gasteiger partial charge in [-0.15, -0.1) is 0 Å². The van der Waals surface area contributed by atoms with Gasteiger partial charge in [0, 0.05) is 36.4 Å². The number of hydrogen-bond acceptors (Lipinski definition) is 6. The van der Waals surface area contributed by atoms with Crippen molar-refractivity contribution in [2.75, 3.05) is 39.2 Å². The zero-order valence-electron chi connectivity index (χ0n) is 21.4. The molecular weight excluding hydrogens is 460 g/mol. The number of hydrogen-bond donors (Lipinski definition) is 3. The van der Waals surface area contributed by atoms with Crippen LogP contribution in [0.15, 0.2) is 48.5 Å². The molecule has 1 aliphatic rings. The lowest BCUT2D eigenvalue weighted by molar-refractivity contribution is -0.125. The molecule has 0 spiro atoms. The minimum atomic E-state index is -0.690. The van der Waals surface area contributed by atoms with Crippen LogP contribution < -0.4 is 25.4 Å². The molecule has 3 rings (SSSR count). The molecule has 9 heteroatoms. The highest BCUT2D eigenvalue weighted by atomic mass is 16.5. The number of amides is 3. The molecule has 1 saturated heterocycles. The Labute approximate surface area is 212 Å². The lowest BCUT2D eigenvalue weighted by Gasteiger charge is -2.33. The number of anilines is 1. The first-order valence-electron chi connectivity index (χ1n) is 12.2. The Morgan fingerprint density at radius 2 is 1.58 bits per heavy atom. The molecule has 1 atom stereocenters. The third kappa shape index (κ3) is 7.71. The van der Waals surface area contributed by atoms with Gasteiger partial charge in [0.15, 0.2) is 0 Å². The van der Waals surface area contributed by atoms with Crippen molar-refractivity contribution in [3.63, 3.8) is 0 Å². The van der Waals surface area contributed by atoms with E-state index in [1.807, 2.05) is 44.2 Å². The summed E-state index contributed by atoms with van der Waals surface area (Å²) in [5, 5.41) is 8.84. The van der Waals surface area contributed by atoms with Crippen molar-refractivity contribution < 1.29 is 23.9 Å². The summed E-state index contributed by atoms with van der Waals surface area (Å²) < 4.78 is 10.5. The summed E-state index contributed by atoms with van der Waals surface area (Å²) in [7, 11) is 3.03. The van der Waals surface area contributed by atoms with E-state index in [2.05, 4.69) is 20.9 Å². The largest absolute Gasteiger partial charge is 0.497 e. The predicted octanol–water partition coefficient (Wildman–Crippen LogP) is 2.68. The van der Waals surface area contributed by atoms with Gasteiger partial charge in [0.25, 0.3) is 5.91 Å². The van der Waals surface area contributed by atoms with E-state index in [1.54, 1.807) is 18.2 Å². The number of methoxy groups -OCH3 is 2. The first-order chi connectivity index (χ1) is 17.3. The second-order valence-corrected chi connectivity index (χ2v) is 9.27. The molecular formula is C27H36N4O5. The average molecular weight is 497 g/mol. The van der Waals surface area contributed by atoms with Gasteiger partial charge in [0.2, 0.25) is 11.8 Å². The number of carbonyl (C=O) groups excluding carboxylic acids is 3. The van der Waals surface area contributed by atoms with E-state index < -0.39 is 6.04 Å². The van der Waals surface area contributed by atoms with Crippen LogP contribution in [0.25, 0.3) is 0 Å². The summed E-state index contributed by atoms with van der Waals surface area (Å²) in [6, 6.07) is 13.6. The Balaban J connectivity index is 1.50. The van der Waals surface area contributed by atoms with Gasteiger partial charge in [-0.2, -0.15) is 0 Å². The van der Waals surface area contributed by atoms with Gasteiger partial charge in [-0.1, -0.05) is 32.0 Å². The van der Waals surface area contributed by atoms with Crippen LogP contribution in [0.5, 0.6) is 11.5 Å². The maximum atomic E-state index is 13.1. The molecule has 0 saturated carbocycles. The van der Waals surface area contributed by atoms with E-state index in [4.69, 9.17) is 9.47 Å². The van der Waals surface area contributed by atoms with Gasteiger partial charge in [-0.25, -0.2) is 0 Å². The van der Waals surface area contributed by atoms with Crippen LogP contribution in [0.1, 0.15) is 37.0 Å². The van der Waals surface area contributed by atoms with Crippen LogP contribution in [0.3, 0.4) is 0 Å². The molecule has 1 fully saturated rings. The minimum Gasteiger partial charge on any atom is -0.497 e. The summed E-state index contributed by atoms with van der Waals surface area (Å²) in [4.78, 5) is 40.4. The van der Waals surface area contributed by atoms with Crippen molar-refractivity contribution in [3.8, 4) is 11.5 Å². The Kier molecular flexibility index (Phi) is 9.69. The van der Waals surface area contributed by atoms with Crippen molar-refractivity contribution in [1.29, 1.82) is 0 Å². The van der Waals surface area contributed by atoms with Gasteiger partial charge in [-0.3, -0.25) is 19.3 Å². The number of rotatable bonds is 10. The SMILES string of the molecule is COc1cc(OC)cc(C(=O)N[C@H](C(=O)NC2CCN(CC(=O)Nc3ccccc3)CC2)C(C)C)c1. The number of piperidine rings is 1. The highest BCUT2D eigenvalue weighted by Gasteiger charge is 2.29. The average Bonchev–Trinajstić information content (AvgIpc) is 2.88. The fraction of sp³-hybridized carbons (Fsp3) is 0.444. The van der Waals surface area contributed by atoms with Gasteiger partial charge in [-0.05, 0) is 43.0 Å². The quantitative estimate of drug-likeness (QED) is 0.467. The third-order valence-electron chi connectivity index (χ3n) is 6.21. The number of carbonyl (C=O) groups is 3. The van der Waals surface area contributed by atoms with E-state index in [0.717, 1.165) is 18.5 Å².